The molecule has 0 unspecified atom stereocenters. The number of carbonyl (C=O) groups is 1. The summed E-state index contributed by atoms with van der Waals surface area (Å²) in [5, 5.41) is 3.57. The predicted octanol–water partition coefficient (Wildman–Crippen LogP) is 6.65. The van der Waals surface area contributed by atoms with Gasteiger partial charge in [-0.2, -0.15) is 0 Å². The van der Waals surface area contributed by atoms with Gasteiger partial charge in [0.25, 0.3) is 0 Å². The van der Waals surface area contributed by atoms with Gasteiger partial charge in [0.2, 0.25) is 0 Å². The van der Waals surface area contributed by atoms with Gasteiger partial charge in [-0.15, -0.1) is 11.8 Å². The van der Waals surface area contributed by atoms with Crippen molar-refractivity contribution in [1.82, 2.24) is 0 Å². The van der Waals surface area contributed by atoms with E-state index in [-0.39, 0.29) is 28.7 Å². The van der Waals surface area contributed by atoms with E-state index in [2.05, 4.69) is 54.7 Å². The van der Waals surface area contributed by atoms with Crippen LogP contribution in [0.2, 0.25) is 0 Å². The average Bonchev–Trinajstić information content (AvgIpc) is 2.91. The third-order valence-electron chi connectivity index (χ3n) is 5.91. The number of thioether (sulfide) groups is 1. The Morgan fingerprint density at radius 3 is 2.40 bits per heavy atom. The normalized spacial score (nSPS) is 22.9. The zero-order valence-electron chi connectivity index (χ0n) is 16.6. The molecule has 3 atom stereocenters. The average molecular weight is 416 g/mol. The van der Waals surface area contributed by atoms with Crippen molar-refractivity contribution in [2.45, 2.75) is 29.4 Å². The van der Waals surface area contributed by atoms with Crippen LogP contribution >= 0.6 is 11.8 Å². The van der Waals surface area contributed by atoms with Gasteiger partial charge in [0.15, 0.2) is 0 Å². The van der Waals surface area contributed by atoms with Gasteiger partial charge in [0.1, 0.15) is 11.6 Å². The lowest BCUT2D eigenvalue weighted by atomic mass is 9.78. The number of carbonyl (C=O) groups excluding carboxylic acids is 1. The number of allylic oxidation sites excluding steroid dienone is 2. The highest BCUT2D eigenvalue weighted by Crippen LogP contribution is 2.51. The molecule has 0 fully saturated rings. The number of anilines is 1. The van der Waals surface area contributed by atoms with Crippen LogP contribution in [0.15, 0.2) is 89.5 Å². The second-order valence-corrected chi connectivity index (χ2v) is 9.18. The van der Waals surface area contributed by atoms with Crippen LogP contribution in [-0.4, -0.2) is 5.78 Å². The number of benzene rings is 3. The van der Waals surface area contributed by atoms with Crippen LogP contribution in [0.1, 0.15) is 34.3 Å². The first-order chi connectivity index (χ1) is 14.6. The van der Waals surface area contributed by atoms with Crippen LogP contribution in [0.25, 0.3) is 0 Å². The summed E-state index contributed by atoms with van der Waals surface area (Å²) in [6.45, 7) is 2.07. The van der Waals surface area contributed by atoms with Gasteiger partial charge in [0, 0.05) is 28.2 Å². The highest BCUT2D eigenvalue weighted by atomic mass is 32.2. The highest BCUT2D eigenvalue weighted by Gasteiger charge is 2.40. The first-order valence-electron chi connectivity index (χ1n) is 10.2. The van der Waals surface area contributed by atoms with Crippen molar-refractivity contribution in [3.8, 4) is 0 Å². The zero-order valence-corrected chi connectivity index (χ0v) is 17.5. The quantitative estimate of drug-likeness (QED) is 0.508. The predicted molar refractivity (Wildman–Crippen MR) is 120 cm³/mol. The Hall–Kier alpha value is -2.85. The molecule has 2 aliphatic rings. The Bertz CT molecular complexity index is 1120. The van der Waals surface area contributed by atoms with Crippen molar-refractivity contribution in [2.24, 2.45) is 5.92 Å². The van der Waals surface area contributed by atoms with Gasteiger partial charge in [-0.3, -0.25) is 4.79 Å². The van der Waals surface area contributed by atoms with Gasteiger partial charge >= 0.3 is 0 Å². The van der Waals surface area contributed by atoms with Gasteiger partial charge in [-0.25, -0.2) is 4.39 Å². The molecule has 1 aliphatic carbocycles. The number of nitrogens with one attached hydrogen (secondary N) is 1. The first kappa shape index (κ1) is 19.1. The summed E-state index contributed by atoms with van der Waals surface area (Å²) in [5.74, 6) is -0.323. The van der Waals surface area contributed by atoms with Crippen molar-refractivity contribution in [3.63, 3.8) is 0 Å². The number of ketones is 1. The molecule has 2 nitrogen and oxygen atoms in total. The Kier molecular flexibility index (Phi) is 4.95. The van der Waals surface area contributed by atoms with Crippen molar-refractivity contribution in [2.75, 3.05) is 5.32 Å². The zero-order chi connectivity index (χ0) is 20.7. The number of Topliss-reactive ketones (excluding diaryl/α,β-unsaturated/α-hetero) is 1. The maximum Gasteiger partial charge on any atom is 0.144 e. The molecule has 0 aromatic heterocycles. The van der Waals surface area contributed by atoms with Crippen LogP contribution in [0.4, 0.5) is 10.1 Å². The number of fused-ring (bicyclic) bond motifs is 2. The summed E-state index contributed by atoms with van der Waals surface area (Å²) in [5.41, 5.74) is 5.31. The molecular formula is C26H22FNOS. The number of para-hydroxylation sites is 1. The molecule has 1 N–H and O–H groups in total. The molecule has 1 aliphatic heterocycles. The summed E-state index contributed by atoms with van der Waals surface area (Å²) in [6, 6.07) is 23.2. The van der Waals surface area contributed by atoms with Crippen molar-refractivity contribution < 1.29 is 9.18 Å². The Morgan fingerprint density at radius 1 is 0.933 bits per heavy atom. The Labute approximate surface area is 180 Å². The van der Waals surface area contributed by atoms with Gasteiger partial charge in [0.05, 0.1) is 11.6 Å². The van der Waals surface area contributed by atoms with Crippen LogP contribution in [0.5, 0.6) is 0 Å². The smallest absolute Gasteiger partial charge is 0.144 e. The van der Waals surface area contributed by atoms with E-state index in [1.54, 1.807) is 23.9 Å². The molecule has 0 bridgehead atoms. The Morgan fingerprint density at radius 2 is 1.63 bits per heavy atom. The summed E-state index contributed by atoms with van der Waals surface area (Å²) in [6.07, 6.45) is 2.60. The molecule has 0 spiro atoms. The molecule has 3 aromatic carbocycles. The van der Waals surface area contributed by atoms with E-state index in [1.165, 1.54) is 17.7 Å². The lowest BCUT2D eigenvalue weighted by Gasteiger charge is -2.31. The number of rotatable bonds is 2. The fourth-order valence-electron chi connectivity index (χ4n) is 4.32. The molecule has 0 saturated carbocycles. The lowest BCUT2D eigenvalue weighted by Crippen LogP contribution is -2.30. The molecule has 1 heterocycles. The van der Waals surface area contributed by atoms with E-state index in [4.69, 9.17) is 0 Å². The van der Waals surface area contributed by atoms with E-state index in [9.17, 15) is 9.18 Å². The maximum atomic E-state index is 13.5. The molecule has 0 radical (unpaired) electrons. The minimum atomic E-state index is -0.260. The number of hydrogen-bond acceptors (Lipinski definition) is 3. The SMILES string of the molecule is Cc1ccc([C@H]2Sc3ccccc3NC3=C[C@@H](c4ccc(F)cc4)CC(=O)[C@H]32)cc1. The van der Waals surface area contributed by atoms with Crippen molar-refractivity contribution >= 4 is 23.2 Å². The van der Waals surface area contributed by atoms with Crippen molar-refractivity contribution in [1.29, 1.82) is 0 Å². The summed E-state index contributed by atoms with van der Waals surface area (Å²) < 4.78 is 13.4. The third-order valence-corrected chi connectivity index (χ3v) is 7.32. The number of halogens is 1. The van der Waals surface area contributed by atoms with Gasteiger partial charge in [-0.1, -0.05) is 60.2 Å². The monoisotopic (exact) mass is 415 g/mol. The standard InChI is InChI=1S/C26H22FNOS/c1-16-6-8-18(9-7-16)26-25-22(28-21-4-2-3-5-24(21)30-26)14-19(15-23(25)29)17-10-12-20(27)13-11-17/h2-14,19,25-26,28H,15H2,1H3/t19-,25+,26-/m1/s1. The van der Waals surface area contributed by atoms with E-state index >= 15 is 0 Å². The summed E-state index contributed by atoms with van der Waals surface area (Å²) in [4.78, 5) is 14.6. The molecule has 30 heavy (non-hydrogen) atoms. The van der Waals surface area contributed by atoms with Crippen molar-refractivity contribution in [3.05, 3.63) is 107 Å². The molecule has 0 amide bonds. The van der Waals surface area contributed by atoms with Crippen LogP contribution in [-0.2, 0) is 4.79 Å². The van der Waals surface area contributed by atoms with Crippen LogP contribution < -0.4 is 5.32 Å². The number of hydrogen-bond donors (Lipinski definition) is 1. The molecule has 150 valence electrons. The molecule has 4 heteroatoms. The van der Waals surface area contributed by atoms with Gasteiger partial charge < -0.3 is 5.32 Å². The second-order valence-electron chi connectivity index (χ2n) is 8.00. The van der Waals surface area contributed by atoms with E-state index in [1.807, 2.05) is 12.1 Å². The number of aryl methyl sites for hydroxylation is 1. The summed E-state index contributed by atoms with van der Waals surface area (Å²) in [7, 11) is 0. The minimum absolute atomic E-state index is 0.00895. The first-order valence-corrected chi connectivity index (χ1v) is 11.1. The fourth-order valence-corrected chi connectivity index (χ4v) is 5.73. The fraction of sp³-hybridized carbons (Fsp3) is 0.192. The highest BCUT2D eigenvalue weighted by molar-refractivity contribution is 7.99. The molecular weight excluding hydrogens is 393 g/mol. The lowest BCUT2D eigenvalue weighted by molar-refractivity contribution is -0.122. The van der Waals surface area contributed by atoms with Crippen LogP contribution in [0, 0.1) is 18.7 Å². The van der Waals surface area contributed by atoms with Gasteiger partial charge in [-0.05, 0) is 42.3 Å². The Balaban J connectivity index is 1.61. The maximum absolute atomic E-state index is 13.5. The molecule has 3 aromatic rings. The van der Waals surface area contributed by atoms with E-state index < -0.39 is 0 Å². The van der Waals surface area contributed by atoms with E-state index in [0.29, 0.717) is 6.42 Å². The third kappa shape index (κ3) is 3.56. The largest absolute Gasteiger partial charge is 0.358 e. The van der Waals surface area contributed by atoms with E-state index in [0.717, 1.165) is 27.4 Å². The molecule has 5 rings (SSSR count). The summed E-state index contributed by atoms with van der Waals surface area (Å²) >= 11 is 1.75. The second kappa shape index (κ2) is 7.77. The topological polar surface area (TPSA) is 29.1 Å². The molecule has 0 saturated heterocycles. The van der Waals surface area contributed by atoms with Crippen LogP contribution in [0.3, 0.4) is 0 Å². The minimum Gasteiger partial charge on any atom is -0.358 e.